The molecule has 0 bridgehead atoms. The minimum Gasteiger partial charge on any atom is -0.464 e. The molecule has 5 heteroatoms. The number of Topliss-reactive ketones (excluding diaryl/α,β-unsaturated/α-hetero) is 1. The van der Waals surface area contributed by atoms with Gasteiger partial charge < -0.3 is 9.57 Å². The van der Waals surface area contributed by atoms with Crippen LogP contribution in [0.4, 0.5) is 0 Å². The van der Waals surface area contributed by atoms with Crippen molar-refractivity contribution in [1.82, 2.24) is 0 Å². The minimum absolute atomic E-state index is 0.691. The van der Waals surface area contributed by atoms with E-state index in [-0.39, 0.29) is 0 Å². The van der Waals surface area contributed by atoms with E-state index in [1.165, 1.54) is 0 Å². The smallest absolute Gasteiger partial charge is 0.363 e. The summed E-state index contributed by atoms with van der Waals surface area (Å²) in [5, 5.41) is 2.90. The normalized spacial score (nSPS) is 15.8. The number of hydrogen-bond acceptors (Lipinski definition) is 5. The standard InChI is InChI=1S/C6H9NO4/c1-4(8)5(7-11-3)6(9)10-2/h1-3H3/b7-5+/i3D3. The Morgan fingerprint density at radius 3 is 2.55 bits per heavy atom. The number of nitrogens with zero attached hydrogens (tertiary/aromatic N) is 1. The molecule has 0 unspecified atom stereocenters. The van der Waals surface area contributed by atoms with E-state index >= 15 is 0 Å². The van der Waals surface area contributed by atoms with E-state index in [0.29, 0.717) is 0 Å². The van der Waals surface area contributed by atoms with Crippen LogP contribution in [0.2, 0.25) is 0 Å². The molecule has 5 nitrogen and oxygen atoms in total. The molecule has 0 aliphatic rings. The third-order valence-corrected chi connectivity index (χ3v) is 0.849. The monoisotopic (exact) mass is 162 g/mol. The van der Waals surface area contributed by atoms with Crippen molar-refractivity contribution in [3.63, 3.8) is 0 Å². The third-order valence-electron chi connectivity index (χ3n) is 0.849. The Labute approximate surface area is 68.2 Å². The topological polar surface area (TPSA) is 65.0 Å². The molecule has 0 heterocycles. The lowest BCUT2D eigenvalue weighted by Crippen LogP contribution is -2.23. The summed E-state index contributed by atoms with van der Waals surface area (Å²) in [6, 6.07) is 0. The van der Waals surface area contributed by atoms with Gasteiger partial charge in [-0.15, -0.1) is 0 Å². The van der Waals surface area contributed by atoms with Gasteiger partial charge in [-0.25, -0.2) is 4.79 Å². The maximum atomic E-state index is 10.8. The van der Waals surface area contributed by atoms with E-state index in [4.69, 9.17) is 4.11 Å². The predicted molar refractivity (Wildman–Crippen MR) is 37.1 cm³/mol. The Hall–Kier alpha value is -1.39. The first-order chi connectivity index (χ1) is 6.28. The SMILES string of the molecule is [2H]C([2H])([2H])O/N=C(\C(C)=O)C(=O)OC. The Morgan fingerprint density at radius 2 is 2.18 bits per heavy atom. The summed E-state index contributed by atoms with van der Waals surface area (Å²) in [5.74, 6) is -1.78. The molecule has 0 fully saturated rings. The van der Waals surface area contributed by atoms with Gasteiger partial charge >= 0.3 is 5.97 Å². The van der Waals surface area contributed by atoms with Crippen LogP contribution in [0, 0.1) is 0 Å². The van der Waals surface area contributed by atoms with E-state index in [2.05, 4.69) is 14.7 Å². The highest BCUT2D eigenvalue weighted by Gasteiger charge is 2.17. The zero-order valence-corrected chi connectivity index (χ0v) is 6.08. The molecule has 11 heavy (non-hydrogen) atoms. The van der Waals surface area contributed by atoms with E-state index in [9.17, 15) is 9.59 Å². The van der Waals surface area contributed by atoms with Crippen LogP contribution in [0.25, 0.3) is 0 Å². The Morgan fingerprint density at radius 1 is 1.55 bits per heavy atom. The van der Waals surface area contributed by atoms with Crippen LogP contribution in [0.1, 0.15) is 11.0 Å². The number of methoxy groups -OCH3 is 1. The quantitative estimate of drug-likeness (QED) is 0.248. The number of rotatable bonds is 3. The summed E-state index contributed by atoms with van der Waals surface area (Å²) >= 11 is 0. The van der Waals surface area contributed by atoms with E-state index in [1.54, 1.807) is 0 Å². The van der Waals surface area contributed by atoms with E-state index < -0.39 is 24.5 Å². The van der Waals surface area contributed by atoms with Gasteiger partial charge in [0.25, 0.3) is 0 Å². The average Bonchev–Trinajstić information content (AvgIpc) is 2.01. The summed E-state index contributed by atoms with van der Waals surface area (Å²) < 4.78 is 24.0. The third kappa shape index (κ3) is 2.79. The Kier molecular flexibility index (Phi) is 2.13. The van der Waals surface area contributed by atoms with Gasteiger partial charge in [-0.1, -0.05) is 5.16 Å². The molecule has 0 aromatic heterocycles. The van der Waals surface area contributed by atoms with E-state index in [1.807, 2.05) is 0 Å². The molecule has 0 aromatic carbocycles. The summed E-state index contributed by atoms with van der Waals surface area (Å²) in [7, 11) is -1.76. The second-order valence-electron chi connectivity index (χ2n) is 1.58. The zero-order valence-electron chi connectivity index (χ0n) is 9.08. The summed E-state index contributed by atoms with van der Waals surface area (Å²) in [4.78, 5) is 25.5. The van der Waals surface area contributed by atoms with Crippen LogP contribution in [0.3, 0.4) is 0 Å². The lowest BCUT2D eigenvalue weighted by molar-refractivity contribution is -0.133. The highest BCUT2D eigenvalue weighted by atomic mass is 16.6. The highest BCUT2D eigenvalue weighted by molar-refractivity contribution is 6.63. The molecule has 0 amide bonds. The number of carbonyl (C=O) groups excluding carboxylic acids is 2. The minimum atomic E-state index is -2.80. The number of hydrogen-bond donors (Lipinski definition) is 0. The van der Waals surface area contributed by atoms with Gasteiger partial charge in [0.05, 0.1) is 11.2 Å². The van der Waals surface area contributed by atoms with Crippen LogP contribution in [-0.2, 0) is 19.2 Å². The molecular formula is C6H9NO4. The van der Waals surface area contributed by atoms with Crippen molar-refractivity contribution >= 4 is 17.5 Å². The van der Waals surface area contributed by atoms with Crippen molar-refractivity contribution in [3.05, 3.63) is 0 Å². The lowest BCUT2D eigenvalue weighted by atomic mass is 10.3. The molecule has 0 radical (unpaired) electrons. The molecular weight excluding hydrogens is 150 g/mol. The summed E-state index contributed by atoms with van der Waals surface area (Å²) in [6.45, 7) is 1.04. The molecule has 0 saturated heterocycles. The fraction of sp³-hybridized carbons (Fsp3) is 0.500. The lowest BCUT2D eigenvalue weighted by Gasteiger charge is -1.97. The van der Waals surface area contributed by atoms with Gasteiger partial charge in [-0.3, -0.25) is 4.79 Å². The van der Waals surface area contributed by atoms with Crippen molar-refractivity contribution in [2.75, 3.05) is 14.1 Å². The second-order valence-corrected chi connectivity index (χ2v) is 1.58. The number of esters is 1. The van der Waals surface area contributed by atoms with E-state index in [0.717, 1.165) is 14.0 Å². The van der Waals surface area contributed by atoms with Crippen LogP contribution in [0.15, 0.2) is 5.16 Å². The number of ether oxygens (including phenoxy) is 1. The molecule has 0 spiro atoms. The molecule has 0 aliphatic carbocycles. The van der Waals surface area contributed by atoms with Crippen molar-refractivity contribution in [1.29, 1.82) is 0 Å². The van der Waals surface area contributed by atoms with Crippen molar-refractivity contribution in [3.8, 4) is 0 Å². The van der Waals surface area contributed by atoms with Gasteiger partial charge in [-0.2, -0.15) is 0 Å². The maximum Gasteiger partial charge on any atom is 0.363 e. The summed E-state index contributed by atoms with van der Waals surface area (Å²) in [5.41, 5.74) is -0.691. The molecule has 0 rings (SSSR count). The van der Waals surface area contributed by atoms with Crippen LogP contribution in [0.5, 0.6) is 0 Å². The number of oxime groups is 1. The fourth-order valence-corrected chi connectivity index (χ4v) is 0.388. The Bertz CT molecular complexity index is 271. The maximum absolute atomic E-state index is 10.8. The van der Waals surface area contributed by atoms with Crippen LogP contribution in [-0.4, -0.2) is 31.6 Å². The van der Waals surface area contributed by atoms with Gasteiger partial charge in [0, 0.05) is 6.92 Å². The van der Waals surface area contributed by atoms with Crippen molar-refractivity contribution in [2.45, 2.75) is 6.92 Å². The zero-order chi connectivity index (χ0) is 11.4. The molecule has 62 valence electrons. The number of carbonyl (C=O) groups is 2. The first kappa shape index (κ1) is 5.29. The number of ketones is 1. The Balaban J connectivity index is 4.67. The van der Waals surface area contributed by atoms with Crippen molar-refractivity contribution in [2.24, 2.45) is 5.16 Å². The molecule has 0 aromatic rings. The first-order valence-electron chi connectivity index (χ1n) is 4.13. The molecule has 0 atom stereocenters. The van der Waals surface area contributed by atoms with Crippen molar-refractivity contribution < 1.29 is 23.3 Å². The molecule has 0 N–H and O–H groups in total. The average molecular weight is 162 g/mol. The highest BCUT2D eigenvalue weighted by Crippen LogP contribution is 1.86. The molecule has 0 aliphatic heterocycles. The first-order valence-corrected chi connectivity index (χ1v) is 2.63. The van der Waals surface area contributed by atoms with Crippen LogP contribution < -0.4 is 0 Å². The van der Waals surface area contributed by atoms with Gasteiger partial charge in [-0.05, 0) is 0 Å². The van der Waals surface area contributed by atoms with Gasteiger partial charge in [0.1, 0.15) is 7.04 Å². The van der Waals surface area contributed by atoms with Crippen LogP contribution >= 0.6 is 0 Å². The largest absolute Gasteiger partial charge is 0.464 e. The predicted octanol–water partition coefficient (Wildman–Crippen LogP) is -0.249. The second kappa shape index (κ2) is 4.43. The fourth-order valence-electron chi connectivity index (χ4n) is 0.388. The van der Waals surface area contributed by atoms with Gasteiger partial charge in [0.2, 0.25) is 5.71 Å². The van der Waals surface area contributed by atoms with Gasteiger partial charge in [0.15, 0.2) is 5.78 Å². The summed E-state index contributed by atoms with van der Waals surface area (Å²) in [6.07, 6.45) is 0. The molecule has 0 saturated carbocycles.